The molecule has 0 aliphatic heterocycles. The second kappa shape index (κ2) is 6.37. The number of hydrogen-bond donors (Lipinski definition) is 0. The van der Waals surface area contributed by atoms with Crippen LogP contribution in [0.3, 0.4) is 0 Å². The third kappa shape index (κ3) is 3.10. The van der Waals surface area contributed by atoms with Gasteiger partial charge in [-0.05, 0) is 35.4 Å². The van der Waals surface area contributed by atoms with Crippen LogP contribution < -0.4 is 0 Å². The van der Waals surface area contributed by atoms with E-state index < -0.39 is 11.7 Å². The third-order valence-electron chi connectivity index (χ3n) is 4.48. The highest BCUT2D eigenvalue weighted by Crippen LogP contribution is 2.34. The van der Waals surface area contributed by atoms with Gasteiger partial charge in [0.25, 0.3) is 0 Å². The first-order valence-corrected chi connectivity index (χ1v) is 8.32. The first-order valence-electron chi connectivity index (χ1n) is 8.32. The van der Waals surface area contributed by atoms with Crippen molar-refractivity contribution in [3.63, 3.8) is 0 Å². The number of hydrogen-bond acceptors (Lipinski definition) is 0. The summed E-state index contributed by atoms with van der Waals surface area (Å²) in [5, 5.41) is 1.01. The molecule has 3 aromatic carbocycles. The van der Waals surface area contributed by atoms with Gasteiger partial charge in [-0.1, -0.05) is 60.7 Å². The van der Waals surface area contributed by atoms with Crippen LogP contribution in [0.15, 0.2) is 84.9 Å². The zero-order valence-electron chi connectivity index (χ0n) is 13.9. The van der Waals surface area contributed by atoms with Crippen LogP contribution in [-0.4, -0.2) is 4.57 Å². The van der Waals surface area contributed by atoms with Gasteiger partial charge in [-0.25, -0.2) is 0 Å². The van der Waals surface area contributed by atoms with E-state index in [1.807, 2.05) is 60.7 Å². The summed E-state index contributed by atoms with van der Waals surface area (Å²) in [6, 6.07) is 25.2. The largest absolute Gasteiger partial charge is 0.416 e. The van der Waals surface area contributed by atoms with E-state index in [0.717, 1.165) is 28.2 Å². The molecule has 0 aliphatic rings. The lowest BCUT2D eigenvalue weighted by atomic mass is 10.1. The van der Waals surface area contributed by atoms with Crippen LogP contribution in [0.5, 0.6) is 0 Å². The molecular formula is C22H16F3N. The summed E-state index contributed by atoms with van der Waals surface area (Å²) in [6.07, 6.45) is -4.35. The standard InChI is InChI=1S/C22H16F3N/c23-22(24,25)19-11-6-10-17(13-19)21-14-18-9-4-5-12-20(18)26(21)15-16-7-2-1-3-8-16/h1-14H,15H2. The molecule has 4 heteroatoms. The topological polar surface area (TPSA) is 4.93 Å². The van der Waals surface area contributed by atoms with Crippen LogP contribution in [0.2, 0.25) is 0 Å². The molecule has 0 N–H and O–H groups in total. The molecule has 4 aromatic rings. The van der Waals surface area contributed by atoms with Gasteiger partial charge < -0.3 is 4.57 Å². The van der Waals surface area contributed by atoms with Crippen LogP contribution in [0.25, 0.3) is 22.2 Å². The van der Waals surface area contributed by atoms with E-state index in [1.165, 1.54) is 12.1 Å². The summed E-state index contributed by atoms with van der Waals surface area (Å²) in [5.74, 6) is 0. The molecular weight excluding hydrogens is 335 g/mol. The van der Waals surface area contributed by atoms with Crippen molar-refractivity contribution in [3.8, 4) is 11.3 Å². The van der Waals surface area contributed by atoms with Gasteiger partial charge in [-0.2, -0.15) is 13.2 Å². The summed E-state index contributed by atoms with van der Waals surface area (Å²) in [6.45, 7) is 0.597. The highest BCUT2D eigenvalue weighted by atomic mass is 19.4. The molecule has 0 amide bonds. The van der Waals surface area contributed by atoms with Gasteiger partial charge in [-0.15, -0.1) is 0 Å². The Kier molecular flexibility index (Phi) is 4.03. The Morgan fingerprint density at radius 3 is 2.23 bits per heavy atom. The summed E-state index contributed by atoms with van der Waals surface area (Å²) in [5.41, 5.74) is 2.81. The molecule has 4 rings (SSSR count). The number of fused-ring (bicyclic) bond motifs is 1. The molecule has 1 nitrogen and oxygen atoms in total. The number of alkyl halides is 3. The second-order valence-corrected chi connectivity index (χ2v) is 6.24. The van der Waals surface area contributed by atoms with E-state index in [4.69, 9.17) is 0 Å². The normalized spacial score (nSPS) is 11.8. The molecule has 0 aliphatic carbocycles. The van der Waals surface area contributed by atoms with Crippen molar-refractivity contribution in [2.24, 2.45) is 0 Å². The van der Waals surface area contributed by atoms with Crippen molar-refractivity contribution in [2.45, 2.75) is 12.7 Å². The molecule has 0 atom stereocenters. The molecule has 0 saturated carbocycles. The molecule has 1 aromatic heterocycles. The predicted octanol–water partition coefficient (Wildman–Crippen LogP) is 6.38. The molecule has 26 heavy (non-hydrogen) atoms. The number of rotatable bonds is 3. The molecule has 1 heterocycles. The van der Waals surface area contributed by atoms with Gasteiger partial charge >= 0.3 is 6.18 Å². The van der Waals surface area contributed by atoms with E-state index in [1.54, 1.807) is 6.07 Å². The van der Waals surface area contributed by atoms with Gasteiger partial charge in [0, 0.05) is 23.1 Å². The Morgan fingerprint density at radius 1 is 0.731 bits per heavy atom. The van der Waals surface area contributed by atoms with Gasteiger partial charge in [0.2, 0.25) is 0 Å². The van der Waals surface area contributed by atoms with Crippen LogP contribution in [0.4, 0.5) is 13.2 Å². The SMILES string of the molecule is FC(F)(F)c1cccc(-c2cc3ccccc3n2Cc2ccccc2)c1. The fourth-order valence-corrected chi connectivity index (χ4v) is 3.24. The van der Waals surface area contributed by atoms with Crippen molar-refractivity contribution >= 4 is 10.9 Å². The number of para-hydroxylation sites is 1. The predicted molar refractivity (Wildman–Crippen MR) is 97.9 cm³/mol. The maximum atomic E-state index is 13.1. The number of benzene rings is 3. The lowest BCUT2D eigenvalue weighted by Crippen LogP contribution is -2.06. The van der Waals surface area contributed by atoms with Crippen LogP contribution >= 0.6 is 0 Å². The number of halogens is 3. The minimum absolute atomic E-state index is 0.562. The Morgan fingerprint density at radius 2 is 1.46 bits per heavy atom. The summed E-state index contributed by atoms with van der Waals surface area (Å²) >= 11 is 0. The van der Waals surface area contributed by atoms with Crippen molar-refractivity contribution in [1.82, 2.24) is 4.57 Å². The second-order valence-electron chi connectivity index (χ2n) is 6.24. The van der Waals surface area contributed by atoms with Gasteiger partial charge in [-0.3, -0.25) is 0 Å². The van der Waals surface area contributed by atoms with Crippen molar-refractivity contribution in [1.29, 1.82) is 0 Å². The van der Waals surface area contributed by atoms with Gasteiger partial charge in [0.05, 0.1) is 5.56 Å². The molecule has 0 spiro atoms. The summed E-state index contributed by atoms with van der Waals surface area (Å²) in [7, 11) is 0. The smallest absolute Gasteiger partial charge is 0.336 e. The Balaban J connectivity index is 1.89. The summed E-state index contributed by atoms with van der Waals surface area (Å²) < 4.78 is 41.5. The highest BCUT2D eigenvalue weighted by Gasteiger charge is 2.30. The highest BCUT2D eigenvalue weighted by molar-refractivity contribution is 5.87. The molecule has 0 fully saturated rings. The minimum Gasteiger partial charge on any atom is -0.336 e. The lowest BCUT2D eigenvalue weighted by Gasteiger charge is -2.13. The van der Waals surface area contributed by atoms with E-state index in [0.29, 0.717) is 12.1 Å². The third-order valence-corrected chi connectivity index (χ3v) is 4.48. The molecule has 0 bridgehead atoms. The van der Waals surface area contributed by atoms with Crippen molar-refractivity contribution in [2.75, 3.05) is 0 Å². The number of nitrogens with zero attached hydrogens (tertiary/aromatic N) is 1. The van der Waals surface area contributed by atoms with E-state index >= 15 is 0 Å². The quantitative estimate of drug-likeness (QED) is 0.404. The molecule has 0 unspecified atom stereocenters. The van der Waals surface area contributed by atoms with E-state index in [2.05, 4.69) is 4.57 Å². The lowest BCUT2D eigenvalue weighted by molar-refractivity contribution is -0.137. The molecule has 0 radical (unpaired) electrons. The van der Waals surface area contributed by atoms with E-state index in [-0.39, 0.29) is 0 Å². The zero-order valence-corrected chi connectivity index (χ0v) is 13.9. The Bertz CT molecular complexity index is 1050. The van der Waals surface area contributed by atoms with E-state index in [9.17, 15) is 13.2 Å². The molecule has 0 saturated heterocycles. The fourth-order valence-electron chi connectivity index (χ4n) is 3.24. The first kappa shape index (κ1) is 16.5. The van der Waals surface area contributed by atoms with Crippen molar-refractivity contribution < 1.29 is 13.2 Å². The summed E-state index contributed by atoms with van der Waals surface area (Å²) in [4.78, 5) is 0. The fraction of sp³-hybridized carbons (Fsp3) is 0.0909. The molecule has 130 valence electrons. The number of aromatic nitrogens is 1. The Hall–Kier alpha value is -3.01. The average Bonchev–Trinajstić information content (AvgIpc) is 3.01. The van der Waals surface area contributed by atoms with Crippen molar-refractivity contribution in [3.05, 3.63) is 96.1 Å². The van der Waals surface area contributed by atoms with Gasteiger partial charge in [0.15, 0.2) is 0 Å². The van der Waals surface area contributed by atoms with Crippen LogP contribution in [0.1, 0.15) is 11.1 Å². The first-order chi connectivity index (χ1) is 12.5. The van der Waals surface area contributed by atoms with Crippen LogP contribution in [0, 0.1) is 0 Å². The van der Waals surface area contributed by atoms with Gasteiger partial charge in [0.1, 0.15) is 0 Å². The zero-order chi connectivity index (χ0) is 18.1. The van der Waals surface area contributed by atoms with Crippen LogP contribution in [-0.2, 0) is 12.7 Å². The minimum atomic E-state index is -4.35. The Labute approximate surface area is 149 Å². The average molecular weight is 351 g/mol. The monoisotopic (exact) mass is 351 g/mol. The maximum absolute atomic E-state index is 13.1. The maximum Gasteiger partial charge on any atom is 0.416 e.